The van der Waals surface area contributed by atoms with Crippen molar-refractivity contribution in [3.63, 3.8) is 0 Å². The van der Waals surface area contributed by atoms with Gasteiger partial charge in [-0.1, -0.05) is 0 Å². The van der Waals surface area contributed by atoms with E-state index in [4.69, 9.17) is 0 Å². The number of pyridine rings is 1. The van der Waals surface area contributed by atoms with Gasteiger partial charge in [0, 0.05) is 54.0 Å². The molecule has 0 atom stereocenters. The molecule has 1 aliphatic heterocycles. The Kier molecular flexibility index (Phi) is 3.62. The maximum atomic E-state index is 12.5. The summed E-state index contributed by atoms with van der Waals surface area (Å²) in [6, 6.07) is 3.88. The molecule has 0 radical (unpaired) electrons. The monoisotopic (exact) mass is 314 g/mol. The van der Waals surface area contributed by atoms with E-state index in [1.807, 2.05) is 17.0 Å². The van der Waals surface area contributed by atoms with Gasteiger partial charge in [0.15, 0.2) is 0 Å². The highest BCUT2D eigenvalue weighted by Crippen LogP contribution is 2.42. The Bertz CT molecular complexity index is 681. The SMILES string of the molecule is O=C(CSc1ccncc1)N1CCc2[nH]nc(C3CC3)c2C1. The number of hydrogen-bond acceptors (Lipinski definition) is 4. The summed E-state index contributed by atoms with van der Waals surface area (Å²) in [4.78, 5) is 19.5. The Hall–Kier alpha value is -1.82. The zero-order valence-electron chi connectivity index (χ0n) is 12.3. The van der Waals surface area contributed by atoms with Gasteiger partial charge in [0.25, 0.3) is 0 Å². The highest BCUT2D eigenvalue weighted by Gasteiger charge is 2.33. The van der Waals surface area contributed by atoms with Crippen LogP contribution in [-0.4, -0.2) is 38.3 Å². The van der Waals surface area contributed by atoms with Gasteiger partial charge >= 0.3 is 0 Å². The molecule has 0 saturated heterocycles. The van der Waals surface area contributed by atoms with E-state index in [-0.39, 0.29) is 5.91 Å². The summed E-state index contributed by atoms with van der Waals surface area (Å²) < 4.78 is 0. The van der Waals surface area contributed by atoms with Crippen molar-refractivity contribution in [1.82, 2.24) is 20.1 Å². The summed E-state index contributed by atoms with van der Waals surface area (Å²) in [5.74, 6) is 1.31. The van der Waals surface area contributed by atoms with Crippen LogP contribution in [0.15, 0.2) is 29.4 Å². The van der Waals surface area contributed by atoms with Crippen molar-refractivity contribution in [2.45, 2.75) is 36.6 Å². The molecule has 3 heterocycles. The van der Waals surface area contributed by atoms with Crippen LogP contribution in [0, 0.1) is 0 Å². The lowest BCUT2D eigenvalue weighted by atomic mass is 10.0. The van der Waals surface area contributed by atoms with E-state index in [9.17, 15) is 4.79 Å². The van der Waals surface area contributed by atoms with Gasteiger partial charge in [0.2, 0.25) is 5.91 Å². The molecular formula is C16H18N4OS. The van der Waals surface area contributed by atoms with Crippen molar-refractivity contribution >= 4 is 17.7 Å². The average Bonchev–Trinajstić information content (AvgIpc) is 3.32. The predicted octanol–water partition coefficient (Wildman–Crippen LogP) is 2.36. The molecule has 114 valence electrons. The highest BCUT2D eigenvalue weighted by atomic mass is 32.2. The minimum atomic E-state index is 0.204. The largest absolute Gasteiger partial charge is 0.337 e. The van der Waals surface area contributed by atoms with Crippen LogP contribution >= 0.6 is 11.8 Å². The number of hydrogen-bond donors (Lipinski definition) is 1. The van der Waals surface area contributed by atoms with Crippen molar-refractivity contribution in [2.24, 2.45) is 0 Å². The maximum Gasteiger partial charge on any atom is 0.233 e. The second-order valence-electron chi connectivity index (χ2n) is 5.88. The maximum absolute atomic E-state index is 12.5. The smallest absolute Gasteiger partial charge is 0.233 e. The molecule has 2 aromatic heterocycles. The molecule has 1 saturated carbocycles. The lowest BCUT2D eigenvalue weighted by Crippen LogP contribution is -2.37. The predicted molar refractivity (Wildman–Crippen MR) is 84.6 cm³/mol. The van der Waals surface area contributed by atoms with Gasteiger partial charge in [-0.2, -0.15) is 5.10 Å². The quantitative estimate of drug-likeness (QED) is 0.880. The fraction of sp³-hybridized carbons (Fsp3) is 0.438. The fourth-order valence-corrected chi connectivity index (χ4v) is 3.68. The summed E-state index contributed by atoms with van der Waals surface area (Å²) in [7, 11) is 0. The van der Waals surface area contributed by atoms with E-state index < -0.39 is 0 Å². The molecule has 0 spiro atoms. The number of rotatable bonds is 4. The first-order chi connectivity index (χ1) is 10.8. The Labute approximate surface area is 133 Å². The summed E-state index contributed by atoms with van der Waals surface area (Å²) in [6.45, 7) is 1.50. The van der Waals surface area contributed by atoms with Gasteiger partial charge in [0.1, 0.15) is 0 Å². The van der Waals surface area contributed by atoms with Crippen LogP contribution in [0.25, 0.3) is 0 Å². The number of aromatic amines is 1. The third kappa shape index (κ3) is 2.75. The van der Waals surface area contributed by atoms with Crippen molar-refractivity contribution < 1.29 is 4.79 Å². The standard InChI is InChI=1S/C16H18N4OS/c21-15(10-22-12-3-6-17-7-4-12)20-8-5-14-13(9-20)16(19-18-14)11-1-2-11/h3-4,6-7,11H,1-2,5,8-10H2,(H,18,19). The highest BCUT2D eigenvalue weighted by molar-refractivity contribution is 8.00. The minimum absolute atomic E-state index is 0.204. The molecule has 2 aliphatic rings. The number of amides is 1. The summed E-state index contributed by atoms with van der Waals surface area (Å²) in [6.07, 6.45) is 6.88. The second-order valence-corrected chi connectivity index (χ2v) is 6.93. The van der Waals surface area contributed by atoms with Gasteiger partial charge in [-0.05, 0) is 25.0 Å². The zero-order chi connectivity index (χ0) is 14.9. The molecule has 1 amide bonds. The second kappa shape index (κ2) is 5.76. The molecule has 1 aliphatic carbocycles. The van der Waals surface area contributed by atoms with Crippen LogP contribution in [0.4, 0.5) is 0 Å². The van der Waals surface area contributed by atoms with E-state index >= 15 is 0 Å². The number of fused-ring (bicyclic) bond motifs is 1. The average molecular weight is 314 g/mol. The molecule has 0 aromatic carbocycles. The summed E-state index contributed by atoms with van der Waals surface area (Å²) in [5, 5.41) is 7.64. The molecule has 1 fully saturated rings. The van der Waals surface area contributed by atoms with E-state index in [1.54, 1.807) is 24.2 Å². The fourth-order valence-electron chi connectivity index (χ4n) is 2.90. The Morgan fingerprint density at radius 2 is 2.18 bits per heavy atom. The van der Waals surface area contributed by atoms with E-state index in [2.05, 4.69) is 15.2 Å². The topological polar surface area (TPSA) is 61.9 Å². The Morgan fingerprint density at radius 1 is 1.36 bits per heavy atom. The van der Waals surface area contributed by atoms with E-state index in [0.29, 0.717) is 18.2 Å². The van der Waals surface area contributed by atoms with Crippen LogP contribution in [0.1, 0.15) is 35.7 Å². The summed E-state index contributed by atoms with van der Waals surface area (Å²) >= 11 is 1.57. The summed E-state index contributed by atoms with van der Waals surface area (Å²) in [5.41, 5.74) is 3.71. The van der Waals surface area contributed by atoms with E-state index in [1.165, 1.54) is 29.8 Å². The van der Waals surface area contributed by atoms with Gasteiger partial charge in [-0.15, -0.1) is 11.8 Å². The Morgan fingerprint density at radius 3 is 2.95 bits per heavy atom. The van der Waals surface area contributed by atoms with Gasteiger partial charge in [0.05, 0.1) is 11.4 Å². The van der Waals surface area contributed by atoms with Crippen LogP contribution in [0.5, 0.6) is 0 Å². The van der Waals surface area contributed by atoms with Crippen molar-refractivity contribution in [1.29, 1.82) is 0 Å². The van der Waals surface area contributed by atoms with Crippen molar-refractivity contribution in [2.75, 3.05) is 12.3 Å². The number of carbonyl (C=O) groups is 1. The molecule has 6 heteroatoms. The normalized spacial score (nSPS) is 17.4. The third-order valence-corrected chi connectivity index (χ3v) is 5.29. The van der Waals surface area contributed by atoms with Crippen LogP contribution in [-0.2, 0) is 17.8 Å². The zero-order valence-corrected chi connectivity index (χ0v) is 13.1. The number of carbonyl (C=O) groups excluding carboxylic acids is 1. The van der Waals surface area contributed by atoms with Crippen molar-refractivity contribution in [3.05, 3.63) is 41.5 Å². The number of nitrogens with zero attached hydrogens (tertiary/aromatic N) is 3. The molecule has 1 N–H and O–H groups in total. The molecule has 0 bridgehead atoms. The lowest BCUT2D eigenvalue weighted by Gasteiger charge is -2.27. The number of H-pyrrole nitrogens is 1. The first-order valence-electron chi connectivity index (χ1n) is 7.68. The molecule has 2 aromatic rings. The third-order valence-electron chi connectivity index (χ3n) is 4.29. The van der Waals surface area contributed by atoms with Crippen molar-refractivity contribution in [3.8, 4) is 0 Å². The van der Waals surface area contributed by atoms with Gasteiger partial charge < -0.3 is 4.90 Å². The molecule has 5 nitrogen and oxygen atoms in total. The minimum Gasteiger partial charge on any atom is -0.337 e. The molecule has 0 unspecified atom stereocenters. The lowest BCUT2D eigenvalue weighted by molar-refractivity contribution is -0.129. The van der Waals surface area contributed by atoms with Gasteiger partial charge in [-0.3, -0.25) is 14.9 Å². The number of aromatic nitrogens is 3. The molecular weight excluding hydrogens is 296 g/mol. The number of nitrogens with one attached hydrogen (secondary N) is 1. The van der Waals surface area contributed by atoms with Crippen LogP contribution in [0.3, 0.4) is 0 Å². The first-order valence-corrected chi connectivity index (χ1v) is 8.66. The molecule has 22 heavy (non-hydrogen) atoms. The van der Waals surface area contributed by atoms with Gasteiger partial charge in [-0.25, -0.2) is 0 Å². The van der Waals surface area contributed by atoms with Crippen LogP contribution < -0.4 is 0 Å². The molecule has 4 rings (SSSR count). The Balaban J connectivity index is 1.41. The number of thioether (sulfide) groups is 1. The van der Waals surface area contributed by atoms with E-state index in [0.717, 1.165) is 17.9 Å². The van der Waals surface area contributed by atoms with Crippen LogP contribution in [0.2, 0.25) is 0 Å². The first kappa shape index (κ1) is 13.8.